The van der Waals surface area contributed by atoms with Crippen LogP contribution in [0.4, 0.5) is 11.5 Å². The Morgan fingerprint density at radius 2 is 2.20 bits per heavy atom. The minimum absolute atomic E-state index is 0.0548. The van der Waals surface area contributed by atoms with Crippen LogP contribution in [0.3, 0.4) is 0 Å². The second-order valence-corrected chi connectivity index (χ2v) is 4.54. The number of hydrogen-bond donors (Lipinski definition) is 1. The van der Waals surface area contributed by atoms with E-state index in [0.717, 1.165) is 0 Å². The molecule has 20 heavy (non-hydrogen) atoms. The second-order valence-electron chi connectivity index (χ2n) is 4.20. The van der Waals surface area contributed by atoms with Crippen molar-refractivity contribution < 1.29 is 4.92 Å². The van der Waals surface area contributed by atoms with E-state index in [9.17, 15) is 10.1 Å². The van der Waals surface area contributed by atoms with Crippen LogP contribution in [0.5, 0.6) is 0 Å². The highest BCUT2D eigenvalue weighted by Crippen LogP contribution is 2.29. The van der Waals surface area contributed by atoms with Gasteiger partial charge in [0, 0.05) is 7.05 Å². The Hall–Kier alpha value is -2.29. The van der Waals surface area contributed by atoms with Crippen molar-refractivity contribution in [3.05, 3.63) is 33.2 Å². The summed E-state index contributed by atoms with van der Waals surface area (Å²) >= 11 is 5.75. The number of rotatable bonds is 4. The minimum Gasteiger partial charge on any atom is -0.354 e. The molecule has 0 aliphatic rings. The third-order valence-corrected chi connectivity index (χ3v) is 2.87. The second kappa shape index (κ2) is 5.37. The molecule has 0 fully saturated rings. The number of anilines is 1. The Kier molecular flexibility index (Phi) is 3.79. The Bertz CT molecular complexity index is 657. The number of nitrogens with zero attached hydrogens (tertiary/aromatic N) is 6. The van der Waals surface area contributed by atoms with Gasteiger partial charge in [0.1, 0.15) is 12.0 Å². The fourth-order valence-corrected chi connectivity index (χ4v) is 2.02. The van der Waals surface area contributed by atoms with E-state index in [1.807, 2.05) is 0 Å². The SMILES string of the molecule is Cc1nc(Cl)nc(NC(C)c2nncn2C)c1[N+](=O)[O-]. The molecule has 1 N–H and O–H groups in total. The van der Waals surface area contributed by atoms with Gasteiger partial charge in [-0.15, -0.1) is 10.2 Å². The summed E-state index contributed by atoms with van der Waals surface area (Å²) in [6.07, 6.45) is 1.54. The molecule has 0 saturated heterocycles. The number of nitro groups is 1. The topological polar surface area (TPSA) is 112 Å². The first kappa shape index (κ1) is 14.1. The quantitative estimate of drug-likeness (QED) is 0.518. The maximum Gasteiger partial charge on any atom is 0.332 e. The van der Waals surface area contributed by atoms with Gasteiger partial charge < -0.3 is 9.88 Å². The Balaban J connectivity index is 2.38. The van der Waals surface area contributed by atoms with Crippen LogP contribution >= 0.6 is 11.6 Å². The van der Waals surface area contributed by atoms with E-state index in [-0.39, 0.29) is 28.5 Å². The van der Waals surface area contributed by atoms with Gasteiger partial charge in [-0.3, -0.25) is 10.1 Å². The first-order chi connectivity index (χ1) is 9.40. The predicted molar refractivity (Wildman–Crippen MR) is 71.5 cm³/mol. The molecule has 0 radical (unpaired) electrons. The van der Waals surface area contributed by atoms with Crippen LogP contribution < -0.4 is 5.32 Å². The van der Waals surface area contributed by atoms with Gasteiger partial charge >= 0.3 is 5.69 Å². The third-order valence-electron chi connectivity index (χ3n) is 2.70. The summed E-state index contributed by atoms with van der Waals surface area (Å²) in [6, 6.07) is -0.327. The molecule has 10 heteroatoms. The van der Waals surface area contributed by atoms with E-state index in [1.165, 1.54) is 6.92 Å². The molecule has 2 rings (SSSR count). The van der Waals surface area contributed by atoms with E-state index in [4.69, 9.17) is 11.6 Å². The lowest BCUT2D eigenvalue weighted by atomic mass is 10.3. The van der Waals surface area contributed by atoms with Crippen molar-refractivity contribution in [2.24, 2.45) is 7.05 Å². The van der Waals surface area contributed by atoms with E-state index < -0.39 is 4.92 Å². The summed E-state index contributed by atoms with van der Waals surface area (Å²) in [5, 5.41) is 21.7. The molecule has 0 aliphatic carbocycles. The number of halogens is 1. The zero-order valence-electron chi connectivity index (χ0n) is 11.0. The molecule has 9 nitrogen and oxygen atoms in total. The van der Waals surface area contributed by atoms with E-state index in [2.05, 4.69) is 25.5 Å². The van der Waals surface area contributed by atoms with Crippen LogP contribution in [0.2, 0.25) is 5.28 Å². The normalized spacial score (nSPS) is 12.2. The van der Waals surface area contributed by atoms with Gasteiger partial charge in [-0.05, 0) is 25.4 Å². The monoisotopic (exact) mass is 297 g/mol. The molecule has 0 aliphatic heterocycles. The minimum atomic E-state index is -0.544. The smallest absolute Gasteiger partial charge is 0.332 e. The third kappa shape index (κ3) is 2.67. The molecular weight excluding hydrogens is 286 g/mol. The van der Waals surface area contributed by atoms with Crippen molar-refractivity contribution in [3.63, 3.8) is 0 Å². The molecular formula is C10H12ClN7O2. The number of hydrogen-bond acceptors (Lipinski definition) is 7. The van der Waals surface area contributed by atoms with E-state index in [0.29, 0.717) is 5.82 Å². The fourth-order valence-electron chi connectivity index (χ4n) is 1.81. The molecule has 2 aromatic heterocycles. The van der Waals surface area contributed by atoms with Crippen LogP contribution in [-0.4, -0.2) is 29.7 Å². The van der Waals surface area contributed by atoms with Crippen LogP contribution in [0.15, 0.2) is 6.33 Å². The lowest BCUT2D eigenvalue weighted by molar-refractivity contribution is -0.385. The maximum atomic E-state index is 11.1. The van der Waals surface area contributed by atoms with Gasteiger partial charge in [0.15, 0.2) is 5.82 Å². The molecule has 1 atom stereocenters. The Labute approximate surface area is 119 Å². The fraction of sp³-hybridized carbons (Fsp3) is 0.400. The first-order valence-electron chi connectivity index (χ1n) is 5.69. The van der Waals surface area contributed by atoms with E-state index in [1.54, 1.807) is 24.9 Å². The lowest BCUT2D eigenvalue weighted by Crippen LogP contribution is -2.15. The highest BCUT2D eigenvalue weighted by Gasteiger charge is 2.24. The summed E-state index contributed by atoms with van der Waals surface area (Å²) < 4.78 is 1.71. The summed E-state index contributed by atoms with van der Waals surface area (Å²) in [5.41, 5.74) is -0.00826. The molecule has 2 aromatic rings. The highest BCUT2D eigenvalue weighted by molar-refractivity contribution is 6.28. The summed E-state index contributed by atoms with van der Waals surface area (Å²) in [5.74, 6) is 0.676. The summed E-state index contributed by atoms with van der Waals surface area (Å²) in [6.45, 7) is 3.29. The van der Waals surface area contributed by atoms with Crippen LogP contribution in [0.25, 0.3) is 0 Å². The Morgan fingerprint density at radius 3 is 2.75 bits per heavy atom. The largest absolute Gasteiger partial charge is 0.354 e. The lowest BCUT2D eigenvalue weighted by Gasteiger charge is -2.14. The van der Waals surface area contributed by atoms with Gasteiger partial charge in [0.2, 0.25) is 11.1 Å². The van der Waals surface area contributed by atoms with Crippen LogP contribution in [0, 0.1) is 17.0 Å². The van der Waals surface area contributed by atoms with Gasteiger partial charge in [-0.2, -0.15) is 4.98 Å². The van der Waals surface area contributed by atoms with Crippen molar-refractivity contribution in [3.8, 4) is 0 Å². The number of aryl methyl sites for hydroxylation is 2. The maximum absolute atomic E-state index is 11.1. The molecule has 0 spiro atoms. The highest BCUT2D eigenvalue weighted by atomic mass is 35.5. The van der Waals surface area contributed by atoms with Crippen molar-refractivity contribution in [1.29, 1.82) is 0 Å². The van der Waals surface area contributed by atoms with Crippen LogP contribution in [0.1, 0.15) is 24.5 Å². The molecule has 2 heterocycles. The molecule has 0 bridgehead atoms. The Morgan fingerprint density at radius 1 is 1.50 bits per heavy atom. The van der Waals surface area contributed by atoms with Gasteiger partial charge in [0.05, 0.1) is 11.0 Å². The van der Waals surface area contributed by atoms with Gasteiger partial charge in [0.25, 0.3) is 0 Å². The van der Waals surface area contributed by atoms with Crippen molar-refractivity contribution in [2.45, 2.75) is 19.9 Å². The number of nitrogens with one attached hydrogen (secondary N) is 1. The van der Waals surface area contributed by atoms with Crippen molar-refractivity contribution in [1.82, 2.24) is 24.7 Å². The molecule has 0 aromatic carbocycles. The first-order valence-corrected chi connectivity index (χ1v) is 6.07. The summed E-state index contributed by atoms with van der Waals surface area (Å²) in [7, 11) is 1.78. The average Bonchev–Trinajstić information content (AvgIpc) is 2.73. The molecule has 106 valence electrons. The van der Waals surface area contributed by atoms with Crippen molar-refractivity contribution >= 4 is 23.1 Å². The molecule has 0 amide bonds. The zero-order chi connectivity index (χ0) is 14.9. The number of aromatic nitrogens is 5. The zero-order valence-corrected chi connectivity index (χ0v) is 11.8. The average molecular weight is 298 g/mol. The van der Waals surface area contributed by atoms with Crippen LogP contribution in [-0.2, 0) is 7.05 Å². The molecule has 1 unspecified atom stereocenters. The standard InChI is InChI=1S/C10H12ClN7O2/c1-5-7(18(19)20)8(15-10(11)14-5)13-6(2)9-16-12-4-17(9)3/h4,6H,1-3H3,(H,13,14,15). The molecule has 0 saturated carbocycles. The van der Waals surface area contributed by atoms with Gasteiger partial charge in [-0.1, -0.05) is 0 Å². The predicted octanol–water partition coefficient (Wildman–Crippen LogP) is 1.65. The van der Waals surface area contributed by atoms with Crippen molar-refractivity contribution in [2.75, 3.05) is 5.32 Å². The van der Waals surface area contributed by atoms with Gasteiger partial charge in [-0.25, -0.2) is 4.98 Å². The van der Waals surface area contributed by atoms with E-state index >= 15 is 0 Å². The summed E-state index contributed by atoms with van der Waals surface area (Å²) in [4.78, 5) is 18.2.